The van der Waals surface area contributed by atoms with Crippen LogP contribution < -0.4 is 5.32 Å². The van der Waals surface area contributed by atoms with Crippen molar-refractivity contribution in [3.8, 4) is 0 Å². The van der Waals surface area contributed by atoms with Crippen molar-refractivity contribution < 1.29 is 4.39 Å². The fraction of sp³-hybridized carbons (Fsp3) is 0.538. The number of rotatable bonds is 5. The first-order chi connectivity index (χ1) is 7.49. The summed E-state index contributed by atoms with van der Waals surface area (Å²) in [5, 5.41) is 3.30. The maximum Gasteiger partial charge on any atom is 0.139 e. The molecule has 1 N–H and O–H groups in total. The quantitative estimate of drug-likeness (QED) is 0.818. The highest BCUT2D eigenvalue weighted by Crippen LogP contribution is 2.20. The summed E-state index contributed by atoms with van der Waals surface area (Å²) >= 11 is 3.14. The van der Waals surface area contributed by atoms with Crippen LogP contribution in [0, 0.1) is 11.7 Å². The van der Waals surface area contributed by atoms with Gasteiger partial charge in [-0.15, -0.1) is 0 Å². The molecule has 90 valence electrons. The molecule has 0 aliphatic carbocycles. The van der Waals surface area contributed by atoms with Gasteiger partial charge in [-0.3, -0.25) is 0 Å². The standard InChI is InChI=1S/C13H19BrFN/c1-9(2)4-5-10(3)16-11-6-7-12(14)13(15)8-11/h6-10,16H,4-5H2,1-3H3. The van der Waals surface area contributed by atoms with Crippen molar-refractivity contribution in [1.29, 1.82) is 0 Å². The molecule has 0 radical (unpaired) electrons. The Labute approximate surface area is 106 Å². The predicted octanol–water partition coefficient (Wildman–Crippen LogP) is 4.82. The topological polar surface area (TPSA) is 12.0 Å². The van der Waals surface area contributed by atoms with Crippen molar-refractivity contribution in [2.75, 3.05) is 5.32 Å². The van der Waals surface area contributed by atoms with Crippen LogP contribution in [-0.2, 0) is 0 Å². The molecule has 3 heteroatoms. The molecule has 0 bridgehead atoms. The Bertz CT molecular complexity index is 339. The van der Waals surface area contributed by atoms with Crippen LogP contribution in [0.5, 0.6) is 0 Å². The molecule has 0 aromatic heterocycles. The number of halogens is 2. The Morgan fingerprint density at radius 1 is 1.25 bits per heavy atom. The molecule has 1 aromatic rings. The predicted molar refractivity (Wildman–Crippen MR) is 71.3 cm³/mol. The van der Waals surface area contributed by atoms with Gasteiger partial charge in [0, 0.05) is 11.7 Å². The maximum atomic E-state index is 13.3. The third kappa shape index (κ3) is 4.52. The van der Waals surface area contributed by atoms with E-state index in [9.17, 15) is 4.39 Å². The van der Waals surface area contributed by atoms with E-state index >= 15 is 0 Å². The Morgan fingerprint density at radius 3 is 2.50 bits per heavy atom. The summed E-state index contributed by atoms with van der Waals surface area (Å²) in [7, 11) is 0. The van der Waals surface area contributed by atoms with Gasteiger partial charge in [0.15, 0.2) is 0 Å². The molecule has 1 aromatic carbocycles. The molecule has 0 saturated heterocycles. The van der Waals surface area contributed by atoms with E-state index < -0.39 is 0 Å². The van der Waals surface area contributed by atoms with Crippen LogP contribution in [-0.4, -0.2) is 6.04 Å². The van der Waals surface area contributed by atoms with Gasteiger partial charge in [0.1, 0.15) is 5.82 Å². The molecule has 16 heavy (non-hydrogen) atoms. The number of hydrogen-bond acceptors (Lipinski definition) is 1. The van der Waals surface area contributed by atoms with Gasteiger partial charge in [-0.05, 0) is 59.8 Å². The van der Waals surface area contributed by atoms with Gasteiger partial charge in [0.2, 0.25) is 0 Å². The number of hydrogen-bond donors (Lipinski definition) is 1. The summed E-state index contributed by atoms with van der Waals surface area (Å²) in [6.45, 7) is 6.56. The molecule has 1 rings (SSSR count). The van der Waals surface area contributed by atoms with Crippen LogP contribution in [0.15, 0.2) is 22.7 Å². The van der Waals surface area contributed by atoms with E-state index in [2.05, 4.69) is 42.0 Å². The summed E-state index contributed by atoms with van der Waals surface area (Å²) in [4.78, 5) is 0. The van der Waals surface area contributed by atoms with E-state index in [1.54, 1.807) is 6.07 Å². The minimum atomic E-state index is -0.221. The first-order valence-electron chi connectivity index (χ1n) is 5.70. The highest BCUT2D eigenvalue weighted by molar-refractivity contribution is 9.10. The zero-order valence-corrected chi connectivity index (χ0v) is 11.6. The molecule has 0 aliphatic heterocycles. The second-order valence-corrected chi connectivity index (χ2v) is 5.50. The van der Waals surface area contributed by atoms with E-state index in [0.29, 0.717) is 16.4 Å². The van der Waals surface area contributed by atoms with Gasteiger partial charge >= 0.3 is 0 Å². The average Bonchev–Trinajstić information content (AvgIpc) is 2.21. The second-order valence-electron chi connectivity index (χ2n) is 4.65. The molecule has 1 nitrogen and oxygen atoms in total. The first-order valence-corrected chi connectivity index (χ1v) is 6.50. The average molecular weight is 288 g/mol. The molecule has 0 aliphatic rings. The van der Waals surface area contributed by atoms with Crippen molar-refractivity contribution in [2.45, 2.75) is 39.7 Å². The molecular weight excluding hydrogens is 269 g/mol. The van der Waals surface area contributed by atoms with Gasteiger partial charge in [0.05, 0.1) is 4.47 Å². The Hall–Kier alpha value is -0.570. The number of anilines is 1. The van der Waals surface area contributed by atoms with E-state index in [-0.39, 0.29) is 5.82 Å². The molecule has 0 heterocycles. The molecule has 1 unspecified atom stereocenters. The van der Waals surface area contributed by atoms with Crippen molar-refractivity contribution in [2.24, 2.45) is 5.92 Å². The van der Waals surface area contributed by atoms with Crippen LogP contribution in [0.4, 0.5) is 10.1 Å². The Balaban J connectivity index is 2.49. The van der Waals surface area contributed by atoms with Crippen molar-refractivity contribution in [1.82, 2.24) is 0 Å². The zero-order valence-electron chi connectivity index (χ0n) is 10.1. The Kier molecular flexibility index (Phi) is 5.26. The minimum Gasteiger partial charge on any atom is -0.383 e. The van der Waals surface area contributed by atoms with Crippen LogP contribution >= 0.6 is 15.9 Å². The highest BCUT2D eigenvalue weighted by atomic mass is 79.9. The summed E-state index contributed by atoms with van der Waals surface area (Å²) < 4.78 is 13.8. The van der Waals surface area contributed by atoms with Crippen molar-refractivity contribution in [3.05, 3.63) is 28.5 Å². The van der Waals surface area contributed by atoms with E-state index in [4.69, 9.17) is 0 Å². The summed E-state index contributed by atoms with van der Waals surface area (Å²) in [6.07, 6.45) is 2.29. The zero-order chi connectivity index (χ0) is 12.1. The van der Waals surface area contributed by atoms with E-state index in [1.807, 2.05) is 6.07 Å². The van der Waals surface area contributed by atoms with Gasteiger partial charge < -0.3 is 5.32 Å². The first kappa shape index (κ1) is 13.5. The normalized spacial score (nSPS) is 12.9. The molecule has 0 spiro atoms. The third-order valence-corrected chi connectivity index (χ3v) is 3.15. The largest absolute Gasteiger partial charge is 0.383 e. The summed E-state index contributed by atoms with van der Waals surface area (Å²) in [6, 6.07) is 5.52. The lowest BCUT2D eigenvalue weighted by Crippen LogP contribution is -2.15. The second kappa shape index (κ2) is 6.24. The number of nitrogens with one attached hydrogen (secondary N) is 1. The van der Waals surface area contributed by atoms with Crippen molar-refractivity contribution >= 4 is 21.6 Å². The molecule has 0 amide bonds. The van der Waals surface area contributed by atoms with Gasteiger partial charge in [0.25, 0.3) is 0 Å². The smallest absolute Gasteiger partial charge is 0.139 e. The lowest BCUT2D eigenvalue weighted by molar-refractivity contribution is 0.527. The highest BCUT2D eigenvalue weighted by Gasteiger charge is 2.05. The maximum absolute atomic E-state index is 13.3. The van der Waals surface area contributed by atoms with E-state index in [1.165, 1.54) is 12.5 Å². The van der Waals surface area contributed by atoms with Crippen LogP contribution in [0.3, 0.4) is 0 Å². The van der Waals surface area contributed by atoms with Gasteiger partial charge in [-0.25, -0.2) is 4.39 Å². The number of benzene rings is 1. The van der Waals surface area contributed by atoms with Gasteiger partial charge in [-0.2, -0.15) is 0 Å². The molecule has 1 atom stereocenters. The van der Waals surface area contributed by atoms with Crippen molar-refractivity contribution in [3.63, 3.8) is 0 Å². The molecular formula is C13H19BrFN. The fourth-order valence-corrected chi connectivity index (χ4v) is 1.77. The summed E-state index contributed by atoms with van der Waals surface area (Å²) in [5.41, 5.74) is 0.844. The van der Waals surface area contributed by atoms with Crippen LogP contribution in [0.25, 0.3) is 0 Å². The van der Waals surface area contributed by atoms with Gasteiger partial charge in [-0.1, -0.05) is 13.8 Å². The monoisotopic (exact) mass is 287 g/mol. The third-order valence-electron chi connectivity index (χ3n) is 2.51. The Morgan fingerprint density at radius 2 is 1.94 bits per heavy atom. The summed E-state index contributed by atoms with van der Waals surface area (Å²) in [5.74, 6) is 0.493. The lowest BCUT2D eigenvalue weighted by Gasteiger charge is -2.16. The fourth-order valence-electron chi connectivity index (χ4n) is 1.53. The molecule has 0 fully saturated rings. The lowest BCUT2D eigenvalue weighted by atomic mass is 10.0. The molecule has 0 saturated carbocycles. The minimum absolute atomic E-state index is 0.221. The SMILES string of the molecule is CC(C)CCC(C)Nc1ccc(Br)c(F)c1. The van der Waals surface area contributed by atoms with Crippen LogP contribution in [0.1, 0.15) is 33.6 Å². The van der Waals surface area contributed by atoms with Crippen LogP contribution in [0.2, 0.25) is 0 Å². The van der Waals surface area contributed by atoms with E-state index in [0.717, 1.165) is 12.1 Å².